The first kappa shape index (κ1) is 18.1. The number of thiocarbonyl (C=S) groups is 1. The van der Waals surface area contributed by atoms with Crippen LogP contribution in [-0.2, 0) is 0 Å². The number of halogens is 2. The quantitative estimate of drug-likeness (QED) is 0.786. The largest absolute Gasteiger partial charge is 0.491 e. The van der Waals surface area contributed by atoms with Crippen LogP contribution < -0.4 is 15.4 Å². The van der Waals surface area contributed by atoms with Gasteiger partial charge in [0.25, 0.3) is 0 Å². The highest BCUT2D eigenvalue weighted by molar-refractivity contribution is 7.80. The monoisotopic (exact) mass is 350 g/mol. The minimum absolute atomic E-state index is 0.0879. The van der Waals surface area contributed by atoms with Crippen LogP contribution in [0.1, 0.15) is 18.1 Å². The van der Waals surface area contributed by atoms with Crippen molar-refractivity contribution in [1.29, 1.82) is 0 Å². The summed E-state index contributed by atoms with van der Waals surface area (Å²) in [5.41, 5.74) is 2.49. The molecule has 2 rings (SSSR count). The number of nitrogens with one attached hydrogen (secondary N) is 2. The van der Waals surface area contributed by atoms with Crippen molar-refractivity contribution in [1.82, 2.24) is 5.32 Å². The molecule has 128 valence electrons. The van der Waals surface area contributed by atoms with Gasteiger partial charge in [-0.2, -0.15) is 0 Å². The zero-order valence-electron chi connectivity index (χ0n) is 13.8. The smallest absolute Gasteiger partial charge is 0.171 e. The van der Waals surface area contributed by atoms with Crippen LogP contribution in [0.15, 0.2) is 36.4 Å². The van der Waals surface area contributed by atoms with Crippen molar-refractivity contribution < 1.29 is 13.5 Å². The SMILES string of the molecule is Cc1ccc(OC[C@H](C)NC(=S)Nc2ccc(F)cc2F)cc1C. The topological polar surface area (TPSA) is 33.3 Å². The Morgan fingerprint density at radius 3 is 2.54 bits per heavy atom. The number of aryl methyl sites for hydroxylation is 2. The standard InChI is InChI=1S/C18H20F2N2OS/c1-11-4-6-15(8-12(11)2)23-10-13(3)21-18(24)22-17-7-5-14(19)9-16(17)20/h4-9,13H,10H2,1-3H3,(H2,21,22,24)/t13-/m0/s1. The van der Waals surface area contributed by atoms with Gasteiger partial charge in [-0.15, -0.1) is 0 Å². The third-order valence-electron chi connectivity index (χ3n) is 3.54. The van der Waals surface area contributed by atoms with Crippen molar-refractivity contribution in [2.24, 2.45) is 0 Å². The van der Waals surface area contributed by atoms with Gasteiger partial charge in [0.1, 0.15) is 24.0 Å². The van der Waals surface area contributed by atoms with Crippen LogP contribution in [0.25, 0.3) is 0 Å². The number of benzene rings is 2. The Hall–Kier alpha value is -2.21. The van der Waals surface area contributed by atoms with E-state index in [1.54, 1.807) is 0 Å². The minimum atomic E-state index is -0.696. The normalized spacial score (nSPS) is 11.7. The molecule has 0 saturated heterocycles. The van der Waals surface area contributed by atoms with Crippen molar-refractivity contribution in [2.45, 2.75) is 26.8 Å². The average molecular weight is 350 g/mol. The first-order valence-corrected chi connectivity index (χ1v) is 7.98. The molecular weight excluding hydrogens is 330 g/mol. The van der Waals surface area contributed by atoms with Gasteiger partial charge in [-0.05, 0) is 68.4 Å². The van der Waals surface area contributed by atoms with Gasteiger partial charge < -0.3 is 15.4 Å². The van der Waals surface area contributed by atoms with E-state index in [0.29, 0.717) is 6.61 Å². The van der Waals surface area contributed by atoms with E-state index in [1.165, 1.54) is 17.7 Å². The Labute approximate surface area is 146 Å². The van der Waals surface area contributed by atoms with Crippen molar-refractivity contribution in [3.63, 3.8) is 0 Å². The summed E-state index contributed by atoms with van der Waals surface area (Å²) in [7, 11) is 0. The van der Waals surface area contributed by atoms with Gasteiger partial charge in [0, 0.05) is 6.07 Å². The lowest BCUT2D eigenvalue weighted by molar-refractivity contribution is 0.287. The van der Waals surface area contributed by atoms with Crippen molar-refractivity contribution >= 4 is 23.0 Å². The number of hydrogen-bond donors (Lipinski definition) is 2. The summed E-state index contributed by atoms with van der Waals surface area (Å²) in [6.45, 7) is 6.37. The average Bonchev–Trinajstić information content (AvgIpc) is 2.51. The second-order valence-electron chi connectivity index (χ2n) is 5.68. The zero-order valence-corrected chi connectivity index (χ0v) is 14.6. The van der Waals surface area contributed by atoms with E-state index in [-0.39, 0.29) is 16.8 Å². The van der Waals surface area contributed by atoms with Crippen LogP contribution in [0, 0.1) is 25.5 Å². The van der Waals surface area contributed by atoms with Crippen LogP contribution in [0.5, 0.6) is 5.75 Å². The number of anilines is 1. The maximum Gasteiger partial charge on any atom is 0.171 e. The minimum Gasteiger partial charge on any atom is -0.491 e. The van der Waals surface area contributed by atoms with Crippen molar-refractivity contribution in [3.05, 3.63) is 59.2 Å². The molecule has 24 heavy (non-hydrogen) atoms. The third kappa shape index (κ3) is 5.16. The van der Waals surface area contributed by atoms with Gasteiger partial charge >= 0.3 is 0 Å². The summed E-state index contributed by atoms with van der Waals surface area (Å²) in [6.07, 6.45) is 0. The molecule has 2 aromatic rings. The molecule has 0 heterocycles. The van der Waals surface area contributed by atoms with E-state index in [1.807, 2.05) is 39.0 Å². The van der Waals surface area contributed by atoms with Gasteiger partial charge in [-0.3, -0.25) is 0 Å². The molecule has 1 atom stereocenters. The summed E-state index contributed by atoms with van der Waals surface area (Å²) >= 11 is 5.14. The molecule has 0 aliphatic rings. The Bertz CT molecular complexity index is 737. The molecule has 0 aliphatic heterocycles. The number of rotatable bonds is 5. The molecule has 0 unspecified atom stereocenters. The molecule has 0 spiro atoms. The summed E-state index contributed by atoms with van der Waals surface area (Å²) in [6, 6.07) is 9.08. The summed E-state index contributed by atoms with van der Waals surface area (Å²) in [4.78, 5) is 0. The van der Waals surface area contributed by atoms with Gasteiger partial charge in [0.05, 0.1) is 11.7 Å². The van der Waals surface area contributed by atoms with Crippen molar-refractivity contribution in [2.75, 3.05) is 11.9 Å². The van der Waals surface area contributed by atoms with E-state index >= 15 is 0 Å². The molecule has 2 aromatic carbocycles. The lowest BCUT2D eigenvalue weighted by Crippen LogP contribution is -2.39. The molecular formula is C18H20F2N2OS. The summed E-state index contributed by atoms with van der Waals surface area (Å²) in [5, 5.41) is 5.95. The first-order chi connectivity index (χ1) is 11.3. The van der Waals surface area contributed by atoms with Crippen molar-refractivity contribution in [3.8, 4) is 5.75 Å². The Morgan fingerprint density at radius 1 is 1.12 bits per heavy atom. The molecule has 0 bridgehead atoms. The Morgan fingerprint density at radius 2 is 1.88 bits per heavy atom. The fourth-order valence-electron chi connectivity index (χ4n) is 2.04. The highest BCUT2D eigenvalue weighted by atomic mass is 32.1. The van der Waals surface area contributed by atoms with E-state index in [4.69, 9.17) is 17.0 Å². The zero-order chi connectivity index (χ0) is 17.7. The van der Waals surface area contributed by atoms with E-state index in [0.717, 1.165) is 17.4 Å². The van der Waals surface area contributed by atoms with Gasteiger partial charge in [-0.1, -0.05) is 6.07 Å². The predicted octanol–water partition coefficient (Wildman–Crippen LogP) is 4.34. The second kappa shape index (κ2) is 8.06. The highest BCUT2D eigenvalue weighted by Gasteiger charge is 2.09. The molecule has 0 radical (unpaired) electrons. The molecule has 0 aliphatic carbocycles. The Balaban J connectivity index is 1.83. The second-order valence-corrected chi connectivity index (χ2v) is 6.09. The van der Waals surface area contributed by atoms with Crippen LogP contribution in [0.3, 0.4) is 0 Å². The molecule has 0 aromatic heterocycles. The number of hydrogen-bond acceptors (Lipinski definition) is 2. The lowest BCUT2D eigenvalue weighted by Gasteiger charge is -2.18. The van der Waals surface area contributed by atoms with Crippen LogP contribution in [-0.4, -0.2) is 17.8 Å². The van der Waals surface area contributed by atoms with Gasteiger partial charge in [0.2, 0.25) is 0 Å². The van der Waals surface area contributed by atoms with Crippen LogP contribution in [0.4, 0.5) is 14.5 Å². The first-order valence-electron chi connectivity index (χ1n) is 7.58. The molecule has 0 saturated carbocycles. The van der Waals surface area contributed by atoms with E-state index in [2.05, 4.69) is 10.6 Å². The van der Waals surface area contributed by atoms with E-state index < -0.39 is 11.6 Å². The van der Waals surface area contributed by atoms with Crippen LogP contribution in [0.2, 0.25) is 0 Å². The third-order valence-corrected chi connectivity index (χ3v) is 3.76. The predicted molar refractivity (Wildman–Crippen MR) is 96.6 cm³/mol. The lowest BCUT2D eigenvalue weighted by atomic mass is 10.1. The summed E-state index contributed by atoms with van der Waals surface area (Å²) in [5.74, 6) is -0.541. The van der Waals surface area contributed by atoms with Gasteiger partial charge in [0.15, 0.2) is 5.11 Å². The molecule has 6 heteroatoms. The fraction of sp³-hybridized carbons (Fsp3) is 0.278. The fourth-order valence-corrected chi connectivity index (χ4v) is 2.35. The summed E-state index contributed by atoms with van der Waals surface area (Å²) < 4.78 is 32.2. The maximum atomic E-state index is 13.6. The van der Waals surface area contributed by atoms with Gasteiger partial charge in [-0.25, -0.2) is 8.78 Å². The molecule has 2 N–H and O–H groups in total. The molecule has 0 fully saturated rings. The highest BCUT2D eigenvalue weighted by Crippen LogP contribution is 2.17. The number of ether oxygens (including phenoxy) is 1. The molecule has 0 amide bonds. The Kier molecular flexibility index (Phi) is 6.09. The van der Waals surface area contributed by atoms with E-state index in [9.17, 15) is 8.78 Å². The molecule has 3 nitrogen and oxygen atoms in total. The maximum absolute atomic E-state index is 13.6. The van der Waals surface area contributed by atoms with Crippen LogP contribution >= 0.6 is 12.2 Å².